The van der Waals surface area contributed by atoms with E-state index in [0.29, 0.717) is 11.4 Å². The molecule has 1 aromatic carbocycles. The van der Waals surface area contributed by atoms with Gasteiger partial charge in [0, 0.05) is 7.05 Å². The first-order valence-electron chi connectivity index (χ1n) is 4.55. The number of rotatable bonds is 3. The van der Waals surface area contributed by atoms with Gasteiger partial charge in [-0.25, -0.2) is 4.98 Å². The van der Waals surface area contributed by atoms with Crippen LogP contribution in [0.4, 0.5) is 0 Å². The van der Waals surface area contributed by atoms with Crippen molar-refractivity contribution in [1.82, 2.24) is 14.8 Å². The van der Waals surface area contributed by atoms with Gasteiger partial charge in [0.15, 0.2) is 5.82 Å². The van der Waals surface area contributed by atoms with E-state index in [0.717, 1.165) is 11.6 Å². The number of ether oxygens (including phenoxy) is 1. The molecular formula is C10H11N3OS. The number of hydrogen-bond donors (Lipinski definition) is 1. The molecule has 0 saturated carbocycles. The molecule has 0 aliphatic carbocycles. The Balaban J connectivity index is 2.02. The zero-order valence-corrected chi connectivity index (χ0v) is 9.12. The number of aryl methyl sites for hydroxylation is 1. The van der Waals surface area contributed by atoms with Crippen LogP contribution < -0.4 is 4.74 Å². The molecule has 0 amide bonds. The van der Waals surface area contributed by atoms with Gasteiger partial charge >= 0.3 is 0 Å². The van der Waals surface area contributed by atoms with Gasteiger partial charge in [0.05, 0.1) is 0 Å². The van der Waals surface area contributed by atoms with E-state index < -0.39 is 0 Å². The van der Waals surface area contributed by atoms with Crippen LogP contribution in [0.1, 0.15) is 5.82 Å². The van der Waals surface area contributed by atoms with E-state index in [1.807, 2.05) is 37.4 Å². The molecule has 2 rings (SSSR count). The Morgan fingerprint density at radius 2 is 2.13 bits per heavy atom. The standard InChI is InChI=1S/C10H11N3OS/c1-13-10(15)11-9(12-13)7-14-8-5-3-2-4-6-8/h2-6H,7H2,1H3,(H,11,12,15). The number of nitrogens with one attached hydrogen (secondary N) is 1. The molecule has 0 unspecified atom stereocenters. The van der Waals surface area contributed by atoms with Crippen LogP contribution in [0.25, 0.3) is 0 Å². The molecule has 0 saturated heterocycles. The molecule has 0 spiro atoms. The fourth-order valence-electron chi connectivity index (χ4n) is 1.19. The van der Waals surface area contributed by atoms with Crippen LogP contribution in [0.5, 0.6) is 5.75 Å². The Morgan fingerprint density at radius 1 is 1.40 bits per heavy atom. The monoisotopic (exact) mass is 221 g/mol. The van der Waals surface area contributed by atoms with Gasteiger partial charge in [-0.1, -0.05) is 18.2 Å². The number of hydrogen-bond acceptors (Lipinski definition) is 3. The van der Waals surface area contributed by atoms with Crippen molar-refractivity contribution in [1.29, 1.82) is 0 Å². The van der Waals surface area contributed by atoms with Gasteiger partial charge in [0.1, 0.15) is 12.4 Å². The zero-order chi connectivity index (χ0) is 10.7. The Hall–Kier alpha value is -1.62. The van der Waals surface area contributed by atoms with E-state index in [9.17, 15) is 0 Å². The number of para-hydroxylation sites is 1. The van der Waals surface area contributed by atoms with E-state index in [1.54, 1.807) is 4.68 Å². The summed E-state index contributed by atoms with van der Waals surface area (Å²) in [5.74, 6) is 1.55. The van der Waals surface area contributed by atoms with Crippen molar-refractivity contribution in [2.24, 2.45) is 7.05 Å². The van der Waals surface area contributed by atoms with Crippen LogP contribution in [0, 0.1) is 4.77 Å². The fraction of sp³-hybridized carbons (Fsp3) is 0.200. The van der Waals surface area contributed by atoms with Gasteiger partial charge in [0.25, 0.3) is 0 Å². The molecule has 1 aromatic heterocycles. The number of benzene rings is 1. The van der Waals surface area contributed by atoms with Gasteiger partial charge in [-0.05, 0) is 24.4 Å². The summed E-state index contributed by atoms with van der Waals surface area (Å²) in [7, 11) is 1.82. The summed E-state index contributed by atoms with van der Waals surface area (Å²) < 4.78 is 7.72. The average Bonchev–Trinajstić information content (AvgIpc) is 2.57. The molecule has 5 heteroatoms. The number of H-pyrrole nitrogens is 1. The summed E-state index contributed by atoms with van der Waals surface area (Å²) in [5.41, 5.74) is 0. The Bertz CT molecular complexity index is 489. The van der Waals surface area contributed by atoms with E-state index in [1.165, 1.54) is 0 Å². The maximum atomic E-state index is 5.51. The third kappa shape index (κ3) is 2.44. The van der Waals surface area contributed by atoms with Gasteiger partial charge in [0.2, 0.25) is 4.77 Å². The lowest BCUT2D eigenvalue weighted by atomic mass is 10.3. The highest BCUT2D eigenvalue weighted by Crippen LogP contribution is 2.09. The molecule has 0 fully saturated rings. The minimum absolute atomic E-state index is 0.397. The Morgan fingerprint density at radius 3 is 2.73 bits per heavy atom. The summed E-state index contributed by atoms with van der Waals surface area (Å²) in [6, 6.07) is 9.60. The van der Waals surface area contributed by atoms with Crippen molar-refractivity contribution in [3.8, 4) is 5.75 Å². The zero-order valence-electron chi connectivity index (χ0n) is 8.30. The van der Waals surface area contributed by atoms with Crippen molar-refractivity contribution >= 4 is 12.2 Å². The summed E-state index contributed by atoms with van der Waals surface area (Å²) in [6.45, 7) is 0.397. The van der Waals surface area contributed by atoms with E-state index >= 15 is 0 Å². The highest BCUT2D eigenvalue weighted by molar-refractivity contribution is 7.71. The maximum Gasteiger partial charge on any atom is 0.215 e. The quantitative estimate of drug-likeness (QED) is 0.807. The molecular weight excluding hydrogens is 210 g/mol. The lowest BCUT2D eigenvalue weighted by molar-refractivity contribution is 0.295. The summed E-state index contributed by atoms with van der Waals surface area (Å²) >= 11 is 4.97. The van der Waals surface area contributed by atoms with Crippen molar-refractivity contribution in [2.45, 2.75) is 6.61 Å². The van der Waals surface area contributed by atoms with E-state index in [-0.39, 0.29) is 0 Å². The van der Waals surface area contributed by atoms with E-state index in [4.69, 9.17) is 17.0 Å². The molecule has 1 N–H and O–H groups in total. The SMILES string of the molecule is Cn1[nH]c(COc2ccccc2)nc1=S. The van der Waals surface area contributed by atoms with Crippen LogP contribution >= 0.6 is 12.2 Å². The van der Waals surface area contributed by atoms with Crippen molar-refractivity contribution < 1.29 is 4.74 Å². The van der Waals surface area contributed by atoms with Crippen LogP contribution in [0.2, 0.25) is 0 Å². The minimum Gasteiger partial charge on any atom is -0.486 e. The fourth-order valence-corrected chi connectivity index (χ4v) is 1.35. The highest BCUT2D eigenvalue weighted by Gasteiger charge is 1.99. The molecule has 78 valence electrons. The van der Waals surface area contributed by atoms with Crippen LogP contribution in [-0.4, -0.2) is 14.8 Å². The number of aromatic amines is 1. The predicted molar refractivity (Wildman–Crippen MR) is 59.2 cm³/mol. The van der Waals surface area contributed by atoms with Crippen LogP contribution in [0.15, 0.2) is 30.3 Å². The van der Waals surface area contributed by atoms with Crippen molar-refractivity contribution in [3.63, 3.8) is 0 Å². The first-order valence-corrected chi connectivity index (χ1v) is 4.96. The lowest BCUT2D eigenvalue weighted by Gasteiger charge is -2.02. The Kier molecular flexibility index (Phi) is 2.82. The van der Waals surface area contributed by atoms with Crippen molar-refractivity contribution in [3.05, 3.63) is 40.9 Å². The predicted octanol–water partition coefficient (Wildman–Crippen LogP) is 2.06. The first kappa shape index (κ1) is 9.92. The van der Waals surface area contributed by atoms with Crippen molar-refractivity contribution in [2.75, 3.05) is 0 Å². The summed E-state index contributed by atoms with van der Waals surface area (Å²) in [5, 5.41) is 2.99. The number of aromatic nitrogens is 3. The lowest BCUT2D eigenvalue weighted by Crippen LogP contribution is -1.98. The smallest absolute Gasteiger partial charge is 0.215 e. The molecule has 15 heavy (non-hydrogen) atoms. The summed E-state index contributed by atoms with van der Waals surface area (Å²) in [4.78, 5) is 4.12. The topological polar surface area (TPSA) is 42.8 Å². The second-order valence-corrected chi connectivity index (χ2v) is 3.48. The van der Waals surface area contributed by atoms with Crippen LogP contribution in [-0.2, 0) is 13.7 Å². The van der Waals surface area contributed by atoms with Gasteiger partial charge in [-0.3, -0.25) is 9.78 Å². The second-order valence-electron chi connectivity index (χ2n) is 3.11. The second kappa shape index (κ2) is 4.27. The normalized spacial score (nSPS) is 10.2. The molecule has 1 heterocycles. The number of nitrogens with zero attached hydrogens (tertiary/aromatic N) is 2. The molecule has 0 bridgehead atoms. The molecule has 4 nitrogen and oxygen atoms in total. The highest BCUT2D eigenvalue weighted by atomic mass is 32.1. The van der Waals surface area contributed by atoms with Gasteiger partial charge in [-0.15, -0.1) is 0 Å². The minimum atomic E-state index is 0.397. The van der Waals surface area contributed by atoms with E-state index in [2.05, 4.69) is 10.1 Å². The molecule has 0 aliphatic rings. The average molecular weight is 221 g/mol. The molecule has 0 radical (unpaired) electrons. The molecule has 2 aromatic rings. The third-order valence-corrected chi connectivity index (χ3v) is 2.30. The molecule has 0 atom stereocenters. The van der Waals surface area contributed by atoms with Gasteiger partial charge in [-0.2, -0.15) is 0 Å². The maximum absolute atomic E-state index is 5.51. The molecule has 0 aliphatic heterocycles. The summed E-state index contributed by atoms with van der Waals surface area (Å²) in [6.07, 6.45) is 0. The third-order valence-electron chi connectivity index (χ3n) is 1.93. The van der Waals surface area contributed by atoms with Crippen LogP contribution in [0.3, 0.4) is 0 Å². The van der Waals surface area contributed by atoms with Gasteiger partial charge < -0.3 is 4.74 Å². The first-order chi connectivity index (χ1) is 7.25. The Labute approximate surface area is 92.5 Å². The largest absolute Gasteiger partial charge is 0.486 e.